The highest BCUT2D eigenvalue weighted by molar-refractivity contribution is 7.99. The summed E-state index contributed by atoms with van der Waals surface area (Å²) in [6.45, 7) is 0. The van der Waals surface area contributed by atoms with Crippen molar-refractivity contribution in [2.45, 2.75) is 37.8 Å². The molecule has 4 heteroatoms. The molecule has 86 valence electrons. The third-order valence-corrected chi connectivity index (χ3v) is 4.62. The predicted octanol–water partition coefficient (Wildman–Crippen LogP) is 1.42. The van der Waals surface area contributed by atoms with Gasteiger partial charge in [-0.2, -0.15) is 11.8 Å². The number of esters is 1. The van der Waals surface area contributed by atoms with Gasteiger partial charge in [0.05, 0.1) is 7.11 Å². The van der Waals surface area contributed by atoms with Crippen LogP contribution in [0.5, 0.6) is 0 Å². The highest BCUT2D eigenvalue weighted by Crippen LogP contribution is 2.31. The maximum Gasteiger partial charge on any atom is 0.323 e. The molecule has 1 saturated heterocycles. The Kier molecular flexibility index (Phi) is 3.92. The van der Waals surface area contributed by atoms with Gasteiger partial charge < -0.3 is 4.74 Å². The van der Waals surface area contributed by atoms with Crippen LogP contribution < -0.4 is 5.32 Å². The van der Waals surface area contributed by atoms with E-state index in [1.807, 2.05) is 11.8 Å². The zero-order valence-electron chi connectivity index (χ0n) is 9.20. The maximum absolute atomic E-state index is 11.4. The molecule has 2 atom stereocenters. The molecule has 0 aromatic carbocycles. The quantitative estimate of drug-likeness (QED) is 0.727. The van der Waals surface area contributed by atoms with Gasteiger partial charge in [-0.25, -0.2) is 0 Å². The van der Waals surface area contributed by atoms with E-state index in [0.29, 0.717) is 6.04 Å². The minimum absolute atomic E-state index is 0.0839. The van der Waals surface area contributed by atoms with Crippen LogP contribution >= 0.6 is 11.8 Å². The number of hydrogen-bond donors (Lipinski definition) is 1. The fourth-order valence-electron chi connectivity index (χ4n) is 2.58. The van der Waals surface area contributed by atoms with E-state index in [1.54, 1.807) is 0 Å². The monoisotopic (exact) mass is 229 g/mol. The summed E-state index contributed by atoms with van der Waals surface area (Å²) in [5.74, 6) is 2.68. The van der Waals surface area contributed by atoms with E-state index in [1.165, 1.54) is 32.8 Å². The van der Waals surface area contributed by atoms with Crippen LogP contribution in [0, 0.1) is 5.92 Å². The van der Waals surface area contributed by atoms with Crippen LogP contribution in [0.15, 0.2) is 0 Å². The van der Waals surface area contributed by atoms with Gasteiger partial charge in [-0.1, -0.05) is 12.8 Å². The summed E-state index contributed by atoms with van der Waals surface area (Å²) < 4.78 is 4.79. The van der Waals surface area contributed by atoms with Crippen LogP contribution in [0.25, 0.3) is 0 Å². The van der Waals surface area contributed by atoms with Crippen molar-refractivity contribution in [3.8, 4) is 0 Å². The molecule has 3 nitrogen and oxygen atoms in total. The number of carbonyl (C=O) groups excluding carboxylic acids is 1. The first-order valence-electron chi connectivity index (χ1n) is 5.73. The van der Waals surface area contributed by atoms with E-state index in [9.17, 15) is 4.79 Å². The highest BCUT2D eigenvalue weighted by Gasteiger charge is 2.32. The van der Waals surface area contributed by atoms with E-state index in [0.717, 1.165) is 17.4 Å². The van der Waals surface area contributed by atoms with Crippen molar-refractivity contribution in [2.75, 3.05) is 18.6 Å². The Balaban J connectivity index is 1.88. The standard InChI is InChI=1S/C11H19NO2S/c1-14-11(13)10-7-15-6-9(12-10)8-4-2-3-5-8/h8-10,12H,2-7H2,1H3. The lowest BCUT2D eigenvalue weighted by Gasteiger charge is -2.32. The summed E-state index contributed by atoms with van der Waals surface area (Å²) in [7, 11) is 1.47. The van der Waals surface area contributed by atoms with Crippen molar-refractivity contribution in [3.05, 3.63) is 0 Å². The molecule has 1 N–H and O–H groups in total. The summed E-state index contributed by atoms with van der Waals surface area (Å²) >= 11 is 1.88. The summed E-state index contributed by atoms with van der Waals surface area (Å²) in [6.07, 6.45) is 5.37. The van der Waals surface area contributed by atoms with Crippen LogP contribution in [0.1, 0.15) is 25.7 Å². The van der Waals surface area contributed by atoms with Crippen LogP contribution in [-0.2, 0) is 9.53 Å². The molecule has 2 aliphatic rings. The zero-order chi connectivity index (χ0) is 10.7. The summed E-state index contributed by atoms with van der Waals surface area (Å²) in [6, 6.07) is 0.440. The predicted molar refractivity (Wildman–Crippen MR) is 62.0 cm³/mol. The van der Waals surface area contributed by atoms with Gasteiger partial charge in [-0.05, 0) is 18.8 Å². The topological polar surface area (TPSA) is 38.3 Å². The molecule has 0 aromatic heterocycles. The molecule has 2 unspecified atom stereocenters. The summed E-state index contributed by atoms with van der Waals surface area (Å²) in [4.78, 5) is 11.4. The normalized spacial score (nSPS) is 32.9. The Morgan fingerprint density at radius 2 is 2.07 bits per heavy atom. The van der Waals surface area contributed by atoms with E-state index in [-0.39, 0.29) is 12.0 Å². The molecule has 1 aliphatic heterocycles. The van der Waals surface area contributed by atoms with E-state index >= 15 is 0 Å². The van der Waals surface area contributed by atoms with Crippen LogP contribution in [0.4, 0.5) is 0 Å². The zero-order valence-corrected chi connectivity index (χ0v) is 10.0. The number of thioether (sulfide) groups is 1. The molecule has 1 heterocycles. The Bertz CT molecular complexity index is 229. The molecule has 0 radical (unpaired) electrons. The fraction of sp³-hybridized carbons (Fsp3) is 0.909. The molecule has 2 rings (SSSR count). The SMILES string of the molecule is COC(=O)C1CSCC(C2CCCC2)N1. The second kappa shape index (κ2) is 5.21. The van der Waals surface area contributed by atoms with Gasteiger partial charge in [-0.15, -0.1) is 0 Å². The first-order chi connectivity index (χ1) is 7.31. The van der Waals surface area contributed by atoms with Crippen molar-refractivity contribution in [2.24, 2.45) is 5.92 Å². The fourth-order valence-corrected chi connectivity index (χ4v) is 3.80. The Labute approximate surface area is 95.3 Å². The van der Waals surface area contributed by atoms with Crippen LogP contribution in [0.2, 0.25) is 0 Å². The maximum atomic E-state index is 11.4. The molecule has 0 aromatic rings. The molecular formula is C11H19NO2S. The highest BCUT2D eigenvalue weighted by atomic mass is 32.2. The van der Waals surface area contributed by atoms with Gasteiger partial charge in [-0.3, -0.25) is 10.1 Å². The van der Waals surface area contributed by atoms with Crippen LogP contribution in [-0.4, -0.2) is 36.7 Å². The van der Waals surface area contributed by atoms with Crippen molar-refractivity contribution in [1.82, 2.24) is 5.32 Å². The van der Waals surface area contributed by atoms with Gasteiger partial charge in [0, 0.05) is 17.5 Å². The second-order valence-electron chi connectivity index (χ2n) is 4.43. The molecule has 2 fully saturated rings. The third kappa shape index (κ3) is 2.67. The van der Waals surface area contributed by atoms with Crippen molar-refractivity contribution in [1.29, 1.82) is 0 Å². The van der Waals surface area contributed by atoms with Gasteiger partial charge in [0.2, 0.25) is 0 Å². The van der Waals surface area contributed by atoms with E-state index in [2.05, 4.69) is 5.32 Å². The smallest absolute Gasteiger partial charge is 0.323 e. The lowest BCUT2D eigenvalue weighted by molar-refractivity contribution is -0.142. The molecule has 1 saturated carbocycles. The average molecular weight is 229 g/mol. The number of methoxy groups -OCH3 is 1. The first-order valence-corrected chi connectivity index (χ1v) is 6.88. The number of rotatable bonds is 2. The Morgan fingerprint density at radius 3 is 2.73 bits per heavy atom. The van der Waals surface area contributed by atoms with E-state index < -0.39 is 0 Å². The van der Waals surface area contributed by atoms with Crippen molar-refractivity contribution >= 4 is 17.7 Å². The molecule has 1 aliphatic carbocycles. The summed E-state index contributed by atoms with van der Waals surface area (Å²) in [5.41, 5.74) is 0. The van der Waals surface area contributed by atoms with E-state index in [4.69, 9.17) is 4.74 Å². The molecule has 0 bridgehead atoms. The van der Waals surface area contributed by atoms with Gasteiger partial charge >= 0.3 is 5.97 Å². The van der Waals surface area contributed by atoms with Gasteiger partial charge in [0.25, 0.3) is 0 Å². The third-order valence-electron chi connectivity index (χ3n) is 3.45. The molecular weight excluding hydrogens is 210 g/mol. The van der Waals surface area contributed by atoms with Crippen molar-refractivity contribution in [3.63, 3.8) is 0 Å². The summed E-state index contributed by atoms with van der Waals surface area (Å²) in [5, 5.41) is 3.45. The largest absolute Gasteiger partial charge is 0.468 e. The number of carbonyl (C=O) groups is 1. The van der Waals surface area contributed by atoms with Gasteiger partial charge in [0.15, 0.2) is 0 Å². The lowest BCUT2D eigenvalue weighted by atomic mass is 9.98. The second-order valence-corrected chi connectivity index (χ2v) is 5.51. The molecule has 0 spiro atoms. The van der Waals surface area contributed by atoms with Gasteiger partial charge in [0.1, 0.15) is 6.04 Å². The molecule has 15 heavy (non-hydrogen) atoms. The minimum Gasteiger partial charge on any atom is -0.468 e. The molecule has 0 amide bonds. The Morgan fingerprint density at radius 1 is 1.33 bits per heavy atom. The number of nitrogens with one attached hydrogen (secondary N) is 1. The first kappa shape index (κ1) is 11.3. The average Bonchev–Trinajstić information content (AvgIpc) is 2.82. The number of ether oxygens (including phenoxy) is 1. The Hall–Kier alpha value is -0.220. The number of hydrogen-bond acceptors (Lipinski definition) is 4. The lowest BCUT2D eigenvalue weighted by Crippen LogP contribution is -2.52. The minimum atomic E-state index is -0.106. The van der Waals surface area contributed by atoms with Crippen molar-refractivity contribution < 1.29 is 9.53 Å². The van der Waals surface area contributed by atoms with Crippen LogP contribution in [0.3, 0.4) is 0 Å².